The quantitative estimate of drug-likeness (QED) is 0.531. The van der Waals surface area contributed by atoms with Crippen molar-refractivity contribution in [3.05, 3.63) is 40.8 Å². The van der Waals surface area contributed by atoms with Crippen molar-refractivity contribution >= 4 is 39.6 Å². The maximum absolute atomic E-state index is 12.5. The molecule has 0 saturated heterocycles. The molecule has 1 aromatic heterocycles. The van der Waals surface area contributed by atoms with Gasteiger partial charge in [0.1, 0.15) is 10.6 Å². The van der Waals surface area contributed by atoms with E-state index in [4.69, 9.17) is 17.0 Å². The maximum atomic E-state index is 12.5. The Morgan fingerprint density at radius 3 is 2.59 bits per heavy atom. The largest absolute Gasteiger partial charge is 0.465 e. The van der Waals surface area contributed by atoms with Crippen molar-refractivity contribution in [3.63, 3.8) is 0 Å². The first kappa shape index (κ1) is 19.8. The van der Waals surface area contributed by atoms with E-state index in [1.165, 1.54) is 37.7 Å². The van der Waals surface area contributed by atoms with Crippen molar-refractivity contribution in [1.82, 2.24) is 5.32 Å². The van der Waals surface area contributed by atoms with E-state index in [1.807, 2.05) is 37.3 Å². The third kappa shape index (κ3) is 4.50. The summed E-state index contributed by atoms with van der Waals surface area (Å²) in [6.45, 7) is 4.28. The molecule has 144 valence electrons. The van der Waals surface area contributed by atoms with E-state index in [2.05, 4.69) is 17.6 Å². The number of ether oxygens (including phenoxy) is 1. The molecule has 1 aliphatic carbocycles. The fraction of sp³-hybridized carbons (Fsp3) is 0.429. The minimum atomic E-state index is -0.352. The normalized spacial score (nSPS) is 19.4. The second-order valence-corrected chi connectivity index (χ2v) is 8.69. The summed E-state index contributed by atoms with van der Waals surface area (Å²) >= 11 is 7.09. The molecule has 2 unspecified atom stereocenters. The number of carbonyl (C=O) groups excluding carboxylic acids is 1. The molecule has 1 heterocycles. The van der Waals surface area contributed by atoms with Gasteiger partial charge in [-0.1, -0.05) is 50.1 Å². The summed E-state index contributed by atoms with van der Waals surface area (Å²) in [4.78, 5) is 13.6. The highest BCUT2D eigenvalue weighted by Gasteiger charge is 2.26. The van der Waals surface area contributed by atoms with E-state index in [9.17, 15) is 4.79 Å². The van der Waals surface area contributed by atoms with Gasteiger partial charge < -0.3 is 15.4 Å². The summed E-state index contributed by atoms with van der Waals surface area (Å²) in [6.07, 6.45) is 4.88. The van der Waals surface area contributed by atoms with Gasteiger partial charge >= 0.3 is 5.97 Å². The molecule has 1 aromatic carbocycles. The van der Waals surface area contributed by atoms with E-state index in [0.29, 0.717) is 22.6 Å². The van der Waals surface area contributed by atoms with Crippen LogP contribution in [0.25, 0.3) is 11.1 Å². The smallest absolute Gasteiger partial charge is 0.341 e. The average Bonchev–Trinajstić information content (AvgIpc) is 2.99. The monoisotopic (exact) mass is 402 g/mol. The van der Waals surface area contributed by atoms with Crippen LogP contribution in [0.4, 0.5) is 5.00 Å². The standard InChI is InChI=1S/C21H26N2O2S2/c1-13-9-7-8-12-16(13)22-21(26)23-19-18(20(24)25-3)17(14(2)27-19)15-10-5-4-6-11-15/h4-6,10-11,13,16H,7-9,12H2,1-3H3,(H2,22,23,26). The number of aryl methyl sites for hydroxylation is 1. The molecule has 0 radical (unpaired) electrons. The molecule has 1 fully saturated rings. The predicted molar refractivity (Wildman–Crippen MR) is 117 cm³/mol. The Kier molecular flexibility index (Phi) is 6.50. The van der Waals surface area contributed by atoms with Crippen LogP contribution in [0.2, 0.25) is 0 Å². The fourth-order valence-electron chi connectivity index (χ4n) is 3.72. The molecular weight excluding hydrogens is 376 g/mol. The van der Waals surface area contributed by atoms with Crippen LogP contribution in [0.5, 0.6) is 0 Å². The maximum Gasteiger partial charge on any atom is 0.341 e. The summed E-state index contributed by atoms with van der Waals surface area (Å²) in [5, 5.41) is 8.01. The Balaban J connectivity index is 1.87. The molecule has 6 heteroatoms. The summed E-state index contributed by atoms with van der Waals surface area (Å²) < 4.78 is 5.07. The third-order valence-corrected chi connectivity index (χ3v) is 6.43. The van der Waals surface area contributed by atoms with E-state index >= 15 is 0 Å². The van der Waals surface area contributed by atoms with Gasteiger partial charge in [0.2, 0.25) is 0 Å². The second kappa shape index (κ2) is 8.85. The molecule has 2 N–H and O–H groups in total. The van der Waals surface area contributed by atoms with Crippen LogP contribution in [0.15, 0.2) is 30.3 Å². The number of hydrogen-bond acceptors (Lipinski definition) is 4. The van der Waals surface area contributed by atoms with Crippen LogP contribution in [-0.4, -0.2) is 24.2 Å². The Labute approximate surface area is 170 Å². The third-order valence-electron chi connectivity index (χ3n) is 5.19. The number of benzene rings is 1. The number of thiocarbonyl (C=S) groups is 1. The Morgan fingerprint density at radius 2 is 1.93 bits per heavy atom. The molecule has 4 nitrogen and oxygen atoms in total. The molecule has 3 rings (SSSR count). The molecule has 0 spiro atoms. The van der Waals surface area contributed by atoms with E-state index < -0.39 is 0 Å². The van der Waals surface area contributed by atoms with Crippen LogP contribution in [0.1, 0.15) is 47.8 Å². The van der Waals surface area contributed by atoms with Gasteiger partial charge in [-0.3, -0.25) is 0 Å². The lowest BCUT2D eigenvalue weighted by atomic mass is 9.86. The minimum Gasteiger partial charge on any atom is -0.465 e. The van der Waals surface area contributed by atoms with Crippen molar-refractivity contribution in [1.29, 1.82) is 0 Å². The van der Waals surface area contributed by atoms with Gasteiger partial charge in [-0.15, -0.1) is 11.3 Å². The molecule has 27 heavy (non-hydrogen) atoms. The van der Waals surface area contributed by atoms with Crippen LogP contribution in [0, 0.1) is 12.8 Å². The lowest BCUT2D eigenvalue weighted by Gasteiger charge is -2.30. The van der Waals surface area contributed by atoms with Crippen LogP contribution >= 0.6 is 23.6 Å². The predicted octanol–water partition coefficient (Wildman–Crippen LogP) is 5.38. The van der Waals surface area contributed by atoms with Crippen LogP contribution < -0.4 is 10.6 Å². The van der Waals surface area contributed by atoms with Crippen LogP contribution in [-0.2, 0) is 4.74 Å². The van der Waals surface area contributed by atoms with Crippen molar-refractivity contribution in [2.45, 2.75) is 45.6 Å². The SMILES string of the molecule is COC(=O)c1c(NC(=S)NC2CCCCC2C)sc(C)c1-c1ccccc1. The summed E-state index contributed by atoms with van der Waals surface area (Å²) in [5.74, 6) is 0.248. The van der Waals surface area contributed by atoms with E-state index in [0.717, 1.165) is 27.4 Å². The van der Waals surface area contributed by atoms with E-state index in [1.54, 1.807) is 0 Å². The Bertz CT molecular complexity index is 817. The molecule has 1 aliphatic rings. The molecule has 0 bridgehead atoms. The zero-order chi connectivity index (χ0) is 19.4. The number of rotatable bonds is 4. The van der Waals surface area contributed by atoms with E-state index in [-0.39, 0.29) is 5.97 Å². The number of esters is 1. The zero-order valence-electron chi connectivity index (χ0n) is 16.0. The van der Waals surface area contributed by atoms with Gasteiger partial charge in [-0.2, -0.15) is 0 Å². The second-order valence-electron chi connectivity index (χ2n) is 7.06. The number of methoxy groups -OCH3 is 1. The zero-order valence-corrected chi connectivity index (χ0v) is 17.6. The lowest BCUT2D eigenvalue weighted by molar-refractivity contribution is 0.0603. The van der Waals surface area contributed by atoms with Crippen molar-refractivity contribution in [3.8, 4) is 11.1 Å². The lowest BCUT2D eigenvalue weighted by Crippen LogP contribution is -2.43. The number of hydrogen-bond donors (Lipinski definition) is 2. The van der Waals surface area contributed by atoms with Gasteiger partial charge in [-0.05, 0) is 43.5 Å². The van der Waals surface area contributed by atoms with Gasteiger partial charge in [-0.25, -0.2) is 4.79 Å². The number of thiophene rings is 1. The van der Waals surface area contributed by atoms with Gasteiger partial charge in [0, 0.05) is 16.5 Å². The van der Waals surface area contributed by atoms with Gasteiger partial charge in [0.05, 0.1) is 7.11 Å². The number of nitrogens with one attached hydrogen (secondary N) is 2. The first-order chi connectivity index (χ1) is 13.0. The van der Waals surface area contributed by atoms with Gasteiger partial charge in [0.15, 0.2) is 5.11 Å². The highest BCUT2D eigenvalue weighted by atomic mass is 32.1. The molecule has 2 atom stereocenters. The topological polar surface area (TPSA) is 50.4 Å². The number of carbonyl (C=O) groups is 1. The molecule has 2 aromatic rings. The molecular formula is C21H26N2O2S2. The molecule has 0 amide bonds. The fourth-order valence-corrected chi connectivity index (χ4v) is 5.11. The Morgan fingerprint density at radius 1 is 1.22 bits per heavy atom. The molecule has 1 saturated carbocycles. The summed E-state index contributed by atoms with van der Waals surface area (Å²) in [6, 6.07) is 10.3. The summed E-state index contributed by atoms with van der Waals surface area (Å²) in [5.41, 5.74) is 2.45. The van der Waals surface area contributed by atoms with Crippen molar-refractivity contribution in [2.75, 3.05) is 12.4 Å². The number of anilines is 1. The van der Waals surface area contributed by atoms with Crippen molar-refractivity contribution < 1.29 is 9.53 Å². The summed E-state index contributed by atoms with van der Waals surface area (Å²) in [7, 11) is 1.41. The molecule has 0 aliphatic heterocycles. The Hall–Kier alpha value is -1.92. The van der Waals surface area contributed by atoms with Crippen molar-refractivity contribution in [2.24, 2.45) is 5.92 Å². The minimum absolute atomic E-state index is 0.352. The highest BCUT2D eigenvalue weighted by Crippen LogP contribution is 2.40. The first-order valence-corrected chi connectivity index (χ1v) is 10.6. The first-order valence-electron chi connectivity index (χ1n) is 9.36. The van der Waals surface area contributed by atoms with Crippen LogP contribution in [0.3, 0.4) is 0 Å². The highest BCUT2D eigenvalue weighted by molar-refractivity contribution is 7.80. The van der Waals surface area contributed by atoms with Gasteiger partial charge in [0.25, 0.3) is 0 Å². The average molecular weight is 403 g/mol.